The van der Waals surface area contributed by atoms with E-state index in [1.165, 1.54) is 6.08 Å². The van der Waals surface area contributed by atoms with E-state index >= 15 is 0 Å². The Balaban J connectivity index is 2.13. The number of isocyanates is 1. The van der Waals surface area contributed by atoms with E-state index < -0.39 is 0 Å². The molecule has 17 heavy (non-hydrogen) atoms. The van der Waals surface area contributed by atoms with Crippen LogP contribution in [0.1, 0.15) is 0 Å². The Morgan fingerprint density at radius 2 is 1.47 bits per heavy atom. The Morgan fingerprint density at radius 3 is 2.00 bits per heavy atom. The predicted octanol–water partition coefficient (Wildman–Crippen LogP) is 4.21. The molecule has 0 bridgehead atoms. The van der Waals surface area contributed by atoms with Crippen molar-refractivity contribution >= 4 is 27.7 Å². The van der Waals surface area contributed by atoms with Crippen LogP contribution in [0.15, 0.2) is 58.0 Å². The molecule has 4 heteroatoms. The lowest BCUT2D eigenvalue weighted by molar-refractivity contribution is 0.482. The molecule has 0 radical (unpaired) electrons. The van der Waals surface area contributed by atoms with E-state index in [2.05, 4.69) is 20.9 Å². The lowest BCUT2D eigenvalue weighted by Crippen LogP contribution is -1.82. The fraction of sp³-hybridized carbons (Fsp3) is 0. The summed E-state index contributed by atoms with van der Waals surface area (Å²) in [7, 11) is 0. The van der Waals surface area contributed by atoms with Crippen LogP contribution in [-0.4, -0.2) is 6.08 Å². The maximum absolute atomic E-state index is 10.1. The molecule has 2 rings (SSSR count). The van der Waals surface area contributed by atoms with E-state index in [1.807, 2.05) is 24.3 Å². The largest absolute Gasteiger partial charge is 0.457 e. The molecule has 0 heterocycles. The third-order valence-corrected chi connectivity index (χ3v) is 2.59. The first-order valence-corrected chi connectivity index (χ1v) is 5.68. The smallest absolute Gasteiger partial charge is 0.240 e. The van der Waals surface area contributed by atoms with Crippen molar-refractivity contribution in [3.05, 3.63) is 53.0 Å². The molecule has 0 aliphatic carbocycles. The summed E-state index contributed by atoms with van der Waals surface area (Å²) in [5.41, 5.74) is 0.558. The van der Waals surface area contributed by atoms with Gasteiger partial charge in [-0.3, -0.25) is 0 Å². The number of hydrogen-bond acceptors (Lipinski definition) is 3. The van der Waals surface area contributed by atoms with Crippen molar-refractivity contribution in [3.63, 3.8) is 0 Å². The van der Waals surface area contributed by atoms with Crippen molar-refractivity contribution in [2.24, 2.45) is 4.99 Å². The van der Waals surface area contributed by atoms with Crippen LogP contribution in [0.5, 0.6) is 11.5 Å². The first-order valence-electron chi connectivity index (χ1n) is 4.89. The highest BCUT2D eigenvalue weighted by molar-refractivity contribution is 9.10. The van der Waals surface area contributed by atoms with Gasteiger partial charge in [0.2, 0.25) is 6.08 Å². The number of halogens is 1. The number of hydrogen-bond donors (Lipinski definition) is 0. The summed E-state index contributed by atoms with van der Waals surface area (Å²) in [6.45, 7) is 0. The molecule has 3 nitrogen and oxygen atoms in total. The van der Waals surface area contributed by atoms with Crippen molar-refractivity contribution in [1.82, 2.24) is 0 Å². The molecule has 0 aliphatic heterocycles. The van der Waals surface area contributed by atoms with Crippen LogP contribution < -0.4 is 4.74 Å². The van der Waals surface area contributed by atoms with Gasteiger partial charge in [-0.1, -0.05) is 15.9 Å². The van der Waals surface area contributed by atoms with Crippen molar-refractivity contribution < 1.29 is 9.53 Å². The normalized spacial score (nSPS) is 9.47. The number of ether oxygens (including phenoxy) is 1. The Bertz CT molecular complexity index is 543. The van der Waals surface area contributed by atoms with Crippen LogP contribution in [0.25, 0.3) is 0 Å². The molecule has 0 saturated heterocycles. The summed E-state index contributed by atoms with van der Waals surface area (Å²) >= 11 is 3.35. The fourth-order valence-corrected chi connectivity index (χ4v) is 1.54. The molecule has 0 saturated carbocycles. The first-order chi connectivity index (χ1) is 8.28. The van der Waals surface area contributed by atoms with Crippen LogP contribution >= 0.6 is 15.9 Å². The van der Waals surface area contributed by atoms with Crippen LogP contribution in [0.3, 0.4) is 0 Å². The molecule has 0 fully saturated rings. The fourth-order valence-electron chi connectivity index (χ4n) is 1.28. The molecular weight excluding hydrogens is 282 g/mol. The van der Waals surface area contributed by atoms with E-state index in [0.717, 1.165) is 10.2 Å². The van der Waals surface area contributed by atoms with E-state index in [9.17, 15) is 4.79 Å². The molecule has 0 atom stereocenters. The van der Waals surface area contributed by atoms with Gasteiger partial charge in [0, 0.05) is 4.47 Å². The molecule has 84 valence electrons. The topological polar surface area (TPSA) is 38.7 Å². The predicted molar refractivity (Wildman–Crippen MR) is 68.4 cm³/mol. The zero-order valence-electron chi connectivity index (χ0n) is 8.76. The highest BCUT2D eigenvalue weighted by atomic mass is 79.9. The van der Waals surface area contributed by atoms with E-state index in [0.29, 0.717) is 11.4 Å². The van der Waals surface area contributed by atoms with Gasteiger partial charge in [-0.25, -0.2) is 4.79 Å². The zero-order chi connectivity index (χ0) is 12.1. The number of nitrogens with zero attached hydrogens (tertiary/aromatic N) is 1. The molecule has 0 unspecified atom stereocenters. The van der Waals surface area contributed by atoms with Crippen LogP contribution in [0.2, 0.25) is 0 Å². The second-order valence-electron chi connectivity index (χ2n) is 3.25. The van der Waals surface area contributed by atoms with Gasteiger partial charge in [-0.05, 0) is 48.5 Å². The maximum Gasteiger partial charge on any atom is 0.240 e. The van der Waals surface area contributed by atoms with Crippen LogP contribution in [-0.2, 0) is 4.79 Å². The second-order valence-corrected chi connectivity index (χ2v) is 4.17. The number of benzene rings is 2. The third kappa shape index (κ3) is 3.28. The van der Waals surface area contributed by atoms with Crippen molar-refractivity contribution in [3.8, 4) is 11.5 Å². The van der Waals surface area contributed by atoms with Gasteiger partial charge in [-0.15, -0.1) is 0 Å². The summed E-state index contributed by atoms with van der Waals surface area (Å²) in [5, 5.41) is 0. The maximum atomic E-state index is 10.1. The molecule has 0 amide bonds. The van der Waals surface area contributed by atoms with Gasteiger partial charge in [0.25, 0.3) is 0 Å². The minimum Gasteiger partial charge on any atom is -0.457 e. The molecule has 0 spiro atoms. The Labute approximate surface area is 107 Å². The number of aliphatic imine (C=N–C) groups is 1. The summed E-state index contributed by atoms with van der Waals surface area (Å²) < 4.78 is 6.61. The highest BCUT2D eigenvalue weighted by Crippen LogP contribution is 2.24. The molecule has 2 aromatic rings. The quantitative estimate of drug-likeness (QED) is 0.627. The lowest BCUT2D eigenvalue weighted by Gasteiger charge is -2.05. The monoisotopic (exact) mass is 289 g/mol. The van der Waals surface area contributed by atoms with Gasteiger partial charge in [0.15, 0.2) is 0 Å². The summed E-state index contributed by atoms with van der Waals surface area (Å²) in [6, 6.07) is 14.4. The summed E-state index contributed by atoms with van der Waals surface area (Å²) in [5.74, 6) is 1.44. The highest BCUT2D eigenvalue weighted by Gasteiger charge is 1.97. The van der Waals surface area contributed by atoms with Crippen LogP contribution in [0.4, 0.5) is 5.69 Å². The standard InChI is InChI=1S/C13H8BrNO2/c14-10-1-5-12(6-2-10)17-13-7-3-11(4-8-13)15-9-16/h1-8H. The SMILES string of the molecule is O=C=Nc1ccc(Oc2ccc(Br)cc2)cc1. The van der Waals surface area contributed by atoms with E-state index in [4.69, 9.17) is 4.74 Å². The van der Waals surface area contributed by atoms with Crippen molar-refractivity contribution in [1.29, 1.82) is 0 Å². The van der Waals surface area contributed by atoms with Crippen LogP contribution in [0, 0.1) is 0 Å². The summed E-state index contributed by atoms with van der Waals surface area (Å²) in [4.78, 5) is 13.6. The van der Waals surface area contributed by atoms with Gasteiger partial charge < -0.3 is 4.74 Å². The lowest BCUT2D eigenvalue weighted by atomic mass is 10.3. The number of rotatable bonds is 3. The Kier molecular flexibility index (Phi) is 3.70. The minimum absolute atomic E-state index is 0.558. The van der Waals surface area contributed by atoms with Gasteiger partial charge >= 0.3 is 0 Å². The molecule has 0 aromatic heterocycles. The second kappa shape index (κ2) is 5.43. The van der Waals surface area contributed by atoms with Gasteiger partial charge in [0.05, 0.1) is 5.69 Å². The van der Waals surface area contributed by atoms with E-state index in [1.54, 1.807) is 24.3 Å². The number of carbonyl (C=O) groups excluding carboxylic acids is 1. The first kappa shape index (κ1) is 11.6. The average Bonchev–Trinajstić information content (AvgIpc) is 2.35. The molecule has 0 N–H and O–H groups in total. The Hall–Kier alpha value is -1.90. The summed E-state index contributed by atoms with van der Waals surface area (Å²) in [6.07, 6.45) is 1.49. The third-order valence-electron chi connectivity index (χ3n) is 2.06. The minimum atomic E-state index is 0.558. The van der Waals surface area contributed by atoms with Gasteiger partial charge in [-0.2, -0.15) is 4.99 Å². The average molecular weight is 290 g/mol. The van der Waals surface area contributed by atoms with Gasteiger partial charge in [0.1, 0.15) is 11.5 Å². The molecular formula is C13H8BrNO2. The zero-order valence-corrected chi connectivity index (χ0v) is 10.3. The van der Waals surface area contributed by atoms with E-state index in [-0.39, 0.29) is 0 Å². The van der Waals surface area contributed by atoms with Crippen molar-refractivity contribution in [2.75, 3.05) is 0 Å². The van der Waals surface area contributed by atoms with Crippen molar-refractivity contribution in [2.45, 2.75) is 0 Å². The molecule has 2 aromatic carbocycles. The molecule has 0 aliphatic rings. The Morgan fingerprint density at radius 1 is 0.941 bits per heavy atom.